The maximum atomic E-state index is 11.1. The summed E-state index contributed by atoms with van der Waals surface area (Å²) in [7, 11) is 3.36. The SMILES string of the molecule is COC[C@@H]1[C@@H](CCC2CCC(=O)O2)[C@H](O)C[C@H]1OC. The molecule has 1 unspecified atom stereocenters. The van der Waals surface area contributed by atoms with Gasteiger partial charge < -0.3 is 19.3 Å². The molecule has 5 atom stereocenters. The van der Waals surface area contributed by atoms with E-state index in [9.17, 15) is 9.90 Å². The van der Waals surface area contributed by atoms with Crippen molar-refractivity contribution in [2.75, 3.05) is 20.8 Å². The van der Waals surface area contributed by atoms with E-state index in [-0.39, 0.29) is 36.1 Å². The lowest BCUT2D eigenvalue weighted by Crippen LogP contribution is -2.28. The van der Waals surface area contributed by atoms with Crippen LogP contribution in [0.2, 0.25) is 0 Å². The Morgan fingerprint density at radius 3 is 2.68 bits per heavy atom. The summed E-state index contributed by atoms with van der Waals surface area (Å²) >= 11 is 0. The Kier molecular flexibility index (Phi) is 5.19. The Morgan fingerprint density at radius 2 is 2.11 bits per heavy atom. The predicted octanol–water partition coefficient (Wildman–Crippen LogP) is 1.13. The fourth-order valence-electron chi connectivity index (χ4n) is 3.41. The Morgan fingerprint density at radius 1 is 1.32 bits per heavy atom. The van der Waals surface area contributed by atoms with Crippen molar-refractivity contribution in [3.8, 4) is 0 Å². The van der Waals surface area contributed by atoms with Crippen molar-refractivity contribution in [2.24, 2.45) is 11.8 Å². The molecule has 5 nitrogen and oxygen atoms in total. The second-order valence-electron chi connectivity index (χ2n) is 5.59. The molecule has 1 N–H and O–H groups in total. The molecule has 1 aliphatic carbocycles. The lowest BCUT2D eigenvalue weighted by atomic mass is 9.88. The molecule has 19 heavy (non-hydrogen) atoms. The highest BCUT2D eigenvalue weighted by molar-refractivity contribution is 5.71. The van der Waals surface area contributed by atoms with E-state index in [1.54, 1.807) is 14.2 Å². The second kappa shape index (κ2) is 6.68. The molecular formula is C14H24O5. The van der Waals surface area contributed by atoms with Crippen LogP contribution in [0.3, 0.4) is 0 Å². The van der Waals surface area contributed by atoms with E-state index in [1.807, 2.05) is 0 Å². The maximum absolute atomic E-state index is 11.1. The predicted molar refractivity (Wildman–Crippen MR) is 68.6 cm³/mol. The van der Waals surface area contributed by atoms with Gasteiger partial charge in [0.15, 0.2) is 0 Å². The Labute approximate surface area is 114 Å². The summed E-state index contributed by atoms with van der Waals surface area (Å²) in [6.07, 6.45) is 3.43. The fourth-order valence-corrected chi connectivity index (χ4v) is 3.41. The van der Waals surface area contributed by atoms with Crippen LogP contribution in [0, 0.1) is 11.8 Å². The van der Waals surface area contributed by atoms with Crippen LogP contribution in [0.1, 0.15) is 32.1 Å². The smallest absolute Gasteiger partial charge is 0.306 e. The first kappa shape index (κ1) is 14.8. The van der Waals surface area contributed by atoms with Crippen LogP contribution >= 0.6 is 0 Å². The minimum atomic E-state index is -0.345. The van der Waals surface area contributed by atoms with Crippen molar-refractivity contribution in [3.63, 3.8) is 0 Å². The molecule has 0 aromatic carbocycles. The minimum Gasteiger partial charge on any atom is -0.462 e. The van der Waals surface area contributed by atoms with Crippen LogP contribution in [0.15, 0.2) is 0 Å². The van der Waals surface area contributed by atoms with E-state index < -0.39 is 0 Å². The average molecular weight is 272 g/mol. The fraction of sp³-hybridized carbons (Fsp3) is 0.929. The summed E-state index contributed by atoms with van der Waals surface area (Å²) in [5.74, 6) is 0.298. The topological polar surface area (TPSA) is 65.0 Å². The van der Waals surface area contributed by atoms with E-state index in [4.69, 9.17) is 14.2 Å². The zero-order chi connectivity index (χ0) is 13.8. The van der Waals surface area contributed by atoms with Gasteiger partial charge in [0.1, 0.15) is 6.10 Å². The van der Waals surface area contributed by atoms with Crippen molar-refractivity contribution in [1.29, 1.82) is 0 Å². The number of hydrogen-bond acceptors (Lipinski definition) is 5. The van der Waals surface area contributed by atoms with Gasteiger partial charge in [-0.25, -0.2) is 0 Å². The molecule has 1 heterocycles. The number of carbonyl (C=O) groups excluding carboxylic acids is 1. The second-order valence-corrected chi connectivity index (χ2v) is 5.59. The van der Waals surface area contributed by atoms with Crippen LogP contribution in [-0.2, 0) is 19.0 Å². The van der Waals surface area contributed by atoms with Gasteiger partial charge in [-0.2, -0.15) is 0 Å². The van der Waals surface area contributed by atoms with Gasteiger partial charge in [-0.3, -0.25) is 4.79 Å². The van der Waals surface area contributed by atoms with Gasteiger partial charge in [0.05, 0.1) is 18.8 Å². The van der Waals surface area contributed by atoms with Crippen LogP contribution < -0.4 is 0 Å². The van der Waals surface area contributed by atoms with Crippen molar-refractivity contribution in [1.82, 2.24) is 0 Å². The molecule has 1 aliphatic heterocycles. The zero-order valence-corrected chi connectivity index (χ0v) is 11.7. The number of rotatable bonds is 6. The van der Waals surface area contributed by atoms with E-state index in [0.29, 0.717) is 19.4 Å². The number of carbonyl (C=O) groups is 1. The molecule has 110 valence electrons. The number of hydrogen-bond donors (Lipinski definition) is 1. The van der Waals surface area contributed by atoms with Crippen LogP contribution in [-0.4, -0.2) is 50.2 Å². The van der Waals surface area contributed by atoms with Gasteiger partial charge in [0, 0.05) is 33.0 Å². The molecule has 0 amide bonds. The maximum Gasteiger partial charge on any atom is 0.306 e. The van der Waals surface area contributed by atoms with Crippen molar-refractivity contribution >= 4 is 5.97 Å². The number of cyclic esters (lactones) is 1. The third kappa shape index (κ3) is 3.46. The normalized spacial score (nSPS) is 38.7. The van der Waals surface area contributed by atoms with Crippen molar-refractivity contribution in [3.05, 3.63) is 0 Å². The van der Waals surface area contributed by atoms with E-state index >= 15 is 0 Å². The molecule has 0 bridgehead atoms. The Bertz CT molecular complexity index is 306. The lowest BCUT2D eigenvalue weighted by molar-refractivity contribution is -0.141. The van der Waals surface area contributed by atoms with Gasteiger partial charge in [0.25, 0.3) is 0 Å². The number of methoxy groups -OCH3 is 2. The number of aliphatic hydroxyl groups is 1. The van der Waals surface area contributed by atoms with Crippen LogP contribution in [0.5, 0.6) is 0 Å². The third-order valence-electron chi connectivity index (χ3n) is 4.45. The van der Waals surface area contributed by atoms with Gasteiger partial charge >= 0.3 is 5.97 Å². The number of esters is 1. The summed E-state index contributed by atoms with van der Waals surface area (Å²) in [5, 5.41) is 10.2. The third-order valence-corrected chi connectivity index (χ3v) is 4.45. The largest absolute Gasteiger partial charge is 0.462 e. The molecule has 1 saturated carbocycles. The molecule has 2 aliphatic rings. The van der Waals surface area contributed by atoms with E-state index in [0.717, 1.165) is 19.3 Å². The van der Waals surface area contributed by atoms with Gasteiger partial charge in [-0.15, -0.1) is 0 Å². The molecule has 2 rings (SSSR count). The molecular weight excluding hydrogens is 248 g/mol. The minimum absolute atomic E-state index is 0.0319. The molecule has 0 aromatic rings. The summed E-state index contributed by atoms with van der Waals surface area (Å²) in [6, 6.07) is 0. The number of aliphatic hydroxyl groups excluding tert-OH is 1. The van der Waals surface area contributed by atoms with Gasteiger partial charge in [-0.05, 0) is 25.2 Å². The van der Waals surface area contributed by atoms with Crippen molar-refractivity contribution in [2.45, 2.75) is 50.4 Å². The quantitative estimate of drug-likeness (QED) is 0.734. The first-order valence-electron chi connectivity index (χ1n) is 7.05. The van der Waals surface area contributed by atoms with Gasteiger partial charge in [-0.1, -0.05) is 0 Å². The number of ether oxygens (including phenoxy) is 3. The summed E-state index contributed by atoms with van der Waals surface area (Å²) in [4.78, 5) is 11.1. The van der Waals surface area contributed by atoms with E-state index in [2.05, 4.69) is 0 Å². The summed E-state index contributed by atoms with van der Waals surface area (Å²) < 4.78 is 15.9. The Hall–Kier alpha value is -0.650. The summed E-state index contributed by atoms with van der Waals surface area (Å²) in [5.41, 5.74) is 0. The first-order chi connectivity index (χ1) is 9.15. The Balaban J connectivity index is 1.87. The first-order valence-corrected chi connectivity index (χ1v) is 7.05. The standard InChI is InChI=1S/C14H24O5/c1-17-8-11-10(12(15)7-13(11)18-2)5-3-9-4-6-14(16)19-9/h9-13,15H,3-8H2,1-2H3/t9?,10-,11-,12-,13-/m1/s1. The van der Waals surface area contributed by atoms with Crippen LogP contribution in [0.4, 0.5) is 0 Å². The van der Waals surface area contributed by atoms with Crippen LogP contribution in [0.25, 0.3) is 0 Å². The molecule has 2 fully saturated rings. The lowest BCUT2D eigenvalue weighted by Gasteiger charge is -2.24. The molecule has 0 aromatic heterocycles. The molecule has 5 heteroatoms. The molecule has 0 radical (unpaired) electrons. The monoisotopic (exact) mass is 272 g/mol. The zero-order valence-electron chi connectivity index (χ0n) is 11.7. The highest BCUT2D eigenvalue weighted by Gasteiger charge is 2.42. The van der Waals surface area contributed by atoms with Gasteiger partial charge in [0.2, 0.25) is 0 Å². The molecule has 0 spiro atoms. The average Bonchev–Trinajstić information content (AvgIpc) is 2.92. The van der Waals surface area contributed by atoms with E-state index in [1.165, 1.54) is 0 Å². The molecule has 1 saturated heterocycles. The van der Waals surface area contributed by atoms with Crippen molar-refractivity contribution < 1.29 is 24.1 Å². The summed E-state index contributed by atoms with van der Waals surface area (Å²) in [6.45, 7) is 0.602. The highest BCUT2D eigenvalue weighted by Crippen LogP contribution is 2.38. The highest BCUT2D eigenvalue weighted by atomic mass is 16.5.